The second-order valence-electron chi connectivity index (χ2n) is 9.05. The van der Waals surface area contributed by atoms with Crippen LogP contribution in [-0.2, 0) is 6.54 Å². The summed E-state index contributed by atoms with van der Waals surface area (Å²) >= 11 is 0. The van der Waals surface area contributed by atoms with E-state index in [-0.39, 0.29) is 15.6 Å². The summed E-state index contributed by atoms with van der Waals surface area (Å²) in [5, 5.41) is 0.361. The maximum absolute atomic E-state index is 16.2. The second kappa shape index (κ2) is 9.59. The van der Waals surface area contributed by atoms with Gasteiger partial charge in [0.15, 0.2) is 0 Å². The average molecular weight is 448 g/mol. The van der Waals surface area contributed by atoms with Gasteiger partial charge in [0.25, 0.3) is 0 Å². The first kappa shape index (κ1) is 23.6. The van der Waals surface area contributed by atoms with E-state index in [2.05, 4.69) is 51.5 Å². The zero-order chi connectivity index (χ0) is 23.1. The van der Waals surface area contributed by atoms with Crippen molar-refractivity contribution in [2.24, 2.45) is 0 Å². The van der Waals surface area contributed by atoms with Crippen LogP contribution in [0.25, 0.3) is 0 Å². The van der Waals surface area contributed by atoms with E-state index in [0.717, 1.165) is 11.0 Å². The molecule has 0 atom stereocenters. The molecule has 0 heterocycles. The molecule has 0 unspecified atom stereocenters. The van der Waals surface area contributed by atoms with Crippen molar-refractivity contribution in [3.05, 3.63) is 127 Å². The molecule has 0 aromatic heterocycles. The number of halogens is 2. The summed E-state index contributed by atoms with van der Waals surface area (Å²) in [6.45, 7) is 1.10. The first-order valence-electron chi connectivity index (χ1n) is 10.8. The first-order valence-corrected chi connectivity index (χ1v) is 13.0. The summed E-state index contributed by atoms with van der Waals surface area (Å²) in [6.07, 6.45) is 0. The fourth-order valence-corrected chi connectivity index (χ4v) is 7.16. The summed E-state index contributed by atoms with van der Waals surface area (Å²) in [4.78, 5) is 0. The molecule has 32 heavy (non-hydrogen) atoms. The molecule has 0 N–H and O–H groups in total. The molecular weight excluding hydrogens is 416 g/mol. The van der Waals surface area contributed by atoms with Gasteiger partial charge in [-0.3, -0.25) is 0 Å². The van der Waals surface area contributed by atoms with Crippen LogP contribution < -0.4 is 15.6 Å². The molecule has 4 aromatic rings. The predicted octanol–water partition coefficient (Wildman–Crippen LogP) is 4.94. The van der Waals surface area contributed by atoms with Gasteiger partial charge in [-0.05, 0) is 0 Å². The Hall–Kier alpha value is -3.08. The van der Waals surface area contributed by atoms with Crippen molar-refractivity contribution >= 4 is 23.6 Å². The van der Waals surface area contributed by atoms with Gasteiger partial charge in [-0.25, -0.2) is 0 Å². The van der Waals surface area contributed by atoms with E-state index in [4.69, 9.17) is 0 Å². The van der Waals surface area contributed by atoms with Gasteiger partial charge >= 0.3 is 123 Å². The zero-order valence-corrected chi connectivity index (χ0v) is 20.0. The van der Waals surface area contributed by atoms with Crippen LogP contribution in [-0.4, -0.2) is 33.6 Å². The van der Waals surface area contributed by atoms with Crippen molar-refractivity contribution in [1.82, 2.24) is 0 Å². The molecule has 1 nitrogen and oxygen atoms in total. The normalized spacial score (nSPS) is 12.7. The molecule has 166 valence electrons. The summed E-state index contributed by atoms with van der Waals surface area (Å²) in [7, 11) is 0.926. The van der Waals surface area contributed by atoms with Crippen molar-refractivity contribution in [2.45, 2.75) is 6.54 Å². The minimum atomic E-state index is -5.68. The molecule has 0 radical (unpaired) electrons. The van der Waals surface area contributed by atoms with Gasteiger partial charge < -0.3 is 4.48 Å². The molecular formula is C28H31F2NSi. The summed E-state index contributed by atoms with van der Waals surface area (Å²) in [5.74, 6) is 0. The van der Waals surface area contributed by atoms with Crippen molar-refractivity contribution in [3.8, 4) is 0 Å². The Morgan fingerprint density at radius 1 is 0.500 bits per heavy atom. The van der Waals surface area contributed by atoms with E-state index in [1.807, 2.05) is 0 Å². The predicted molar refractivity (Wildman–Crippen MR) is 134 cm³/mol. The molecule has 0 aliphatic rings. The van der Waals surface area contributed by atoms with E-state index in [0.29, 0.717) is 0 Å². The Balaban J connectivity index is 0.000000222. The van der Waals surface area contributed by atoms with Gasteiger partial charge in [-0.2, -0.15) is 0 Å². The van der Waals surface area contributed by atoms with E-state index in [9.17, 15) is 0 Å². The molecule has 4 rings (SSSR count). The number of benzene rings is 4. The fraction of sp³-hybridized carbons (Fsp3) is 0.143. The topological polar surface area (TPSA) is 0 Å². The van der Waals surface area contributed by atoms with Crippen molar-refractivity contribution in [2.75, 3.05) is 21.1 Å². The number of quaternary nitrogens is 1. The second-order valence-corrected chi connectivity index (χ2v) is 12.8. The van der Waals surface area contributed by atoms with Gasteiger partial charge in [0.2, 0.25) is 0 Å². The van der Waals surface area contributed by atoms with Crippen LogP contribution in [0.5, 0.6) is 0 Å². The Morgan fingerprint density at radius 3 is 1.06 bits per heavy atom. The van der Waals surface area contributed by atoms with Crippen LogP contribution in [0.15, 0.2) is 121 Å². The summed E-state index contributed by atoms with van der Waals surface area (Å²) in [6, 6.07) is 35.1. The molecule has 4 aromatic carbocycles. The molecule has 0 saturated heterocycles. The minimum absolute atomic E-state index is 0.120. The Morgan fingerprint density at radius 2 is 0.781 bits per heavy atom. The molecule has 0 saturated carbocycles. The molecule has 0 amide bonds. The fourth-order valence-electron chi connectivity index (χ4n) is 3.82. The third-order valence-corrected chi connectivity index (χ3v) is 9.38. The van der Waals surface area contributed by atoms with Gasteiger partial charge in [-0.15, -0.1) is 0 Å². The van der Waals surface area contributed by atoms with E-state index < -0.39 is 8.02 Å². The Kier molecular flexibility index (Phi) is 7.07. The van der Waals surface area contributed by atoms with Crippen molar-refractivity contribution in [3.63, 3.8) is 0 Å². The Bertz CT molecular complexity index is 990. The van der Waals surface area contributed by atoms with Crippen LogP contribution in [0.3, 0.4) is 0 Å². The van der Waals surface area contributed by atoms with Gasteiger partial charge in [0.1, 0.15) is 6.54 Å². The Labute approximate surface area is 191 Å². The van der Waals surface area contributed by atoms with E-state index >= 15 is 8.22 Å². The van der Waals surface area contributed by atoms with Gasteiger partial charge in [0.05, 0.1) is 21.1 Å². The zero-order valence-electron chi connectivity index (χ0n) is 19.0. The van der Waals surface area contributed by atoms with Crippen molar-refractivity contribution < 1.29 is 12.7 Å². The average Bonchev–Trinajstić information content (AvgIpc) is 2.81. The van der Waals surface area contributed by atoms with Crippen LogP contribution in [0.2, 0.25) is 0 Å². The van der Waals surface area contributed by atoms with Crippen LogP contribution in [0, 0.1) is 0 Å². The number of hydrogen-bond acceptors (Lipinski definition) is 0. The SMILES string of the molecule is C[N+](C)(C)Cc1ccccc1.F[Si-](F)(c1ccccc1)(c1ccccc1)c1ccccc1. The molecule has 0 aliphatic carbocycles. The molecule has 0 spiro atoms. The van der Waals surface area contributed by atoms with Gasteiger partial charge in [0, 0.05) is 5.56 Å². The van der Waals surface area contributed by atoms with Crippen molar-refractivity contribution in [1.29, 1.82) is 0 Å². The van der Waals surface area contributed by atoms with Crippen LogP contribution in [0.1, 0.15) is 5.56 Å². The molecule has 0 fully saturated rings. The number of hydrogen-bond donors (Lipinski definition) is 0. The number of rotatable bonds is 5. The van der Waals surface area contributed by atoms with Crippen LogP contribution in [0.4, 0.5) is 8.22 Å². The summed E-state index contributed by atoms with van der Waals surface area (Å²) < 4.78 is 33.3. The molecule has 0 bridgehead atoms. The third kappa shape index (κ3) is 5.39. The quantitative estimate of drug-likeness (QED) is 0.176. The monoisotopic (exact) mass is 447 g/mol. The standard InChI is InChI=1S/C18H15F2Si.C10H16N/c19-21(20,16-10-4-1-5-11-16,17-12-6-2-7-13-17)18-14-8-3-9-15-18;1-11(2,3)9-10-7-5-4-6-8-10/h1-15H;4-8H,9H2,1-3H3/q-1;+1. The third-order valence-electron chi connectivity index (χ3n) is 5.34. The number of nitrogens with zero attached hydrogens (tertiary/aromatic N) is 1. The van der Waals surface area contributed by atoms with Crippen LogP contribution >= 0.6 is 0 Å². The maximum atomic E-state index is 16.2. The van der Waals surface area contributed by atoms with E-state index in [1.165, 1.54) is 42.0 Å². The van der Waals surface area contributed by atoms with E-state index in [1.54, 1.807) is 54.6 Å². The molecule has 0 aliphatic heterocycles. The first-order chi connectivity index (χ1) is 15.2. The summed E-state index contributed by atoms with van der Waals surface area (Å²) in [5.41, 5.74) is 1.40. The molecule has 4 heteroatoms. The van der Waals surface area contributed by atoms with Gasteiger partial charge in [-0.1, -0.05) is 30.3 Å².